The number of carboxylic acid groups (broad SMARTS) is 1. The van der Waals surface area contributed by atoms with E-state index in [1.165, 1.54) is 0 Å². The van der Waals surface area contributed by atoms with Crippen molar-refractivity contribution in [3.8, 4) is 5.75 Å². The van der Waals surface area contributed by atoms with Crippen LogP contribution in [0.4, 0.5) is 0 Å². The Morgan fingerprint density at radius 2 is 1.89 bits per heavy atom. The van der Waals surface area contributed by atoms with Gasteiger partial charge in [-0.05, 0) is 24.1 Å². The SMILES string of the molecule is COCCc1ccc(OC(C(=O)O)C(C)C)cc1. The molecule has 1 atom stereocenters. The minimum absolute atomic E-state index is 0.0735. The van der Waals surface area contributed by atoms with Crippen molar-refractivity contribution in [1.82, 2.24) is 0 Å². The molecule has 0 fully saturated rings. The molecule has 1 aromatic rings. The lowest BCUT2D eigenvalue weighted by Gasteiger charge is -2.18. The normalized spacial score (nSPS) is 12.4. The number of carboxylic acids is 1. The zero-order valence-electron chi connectivity index (χ0n) is 11.1. The Hall–Kier alpha value is -1.55. The lowest BCUT2D eigenvalue weighted by Crippen LogP contribution is -2.32. The van der Waals surface area contributed by atoms with Gasteiger partial charge in [-0.3, -0.25) is 0 Å². The summed E-state index contributed by atoms with van der Waals surface area (Å²) in [6, 6.07) is 7.44. The van der Waals surface area contributed by atoms with Gasteiger partial charge in [0, 0.05) is 13.0 Å². The van der Waals surface area contributed by atoms with Crippen LogP contribution in [0.5, 0.6) is 5.75 Å². The number of aliphatic carboxylic acids is 1. The summed E-state index contributed by atoms with van der Waals surface area (Å²) < 4.78 is 10.5. The van der Waals surface area contributed by atoms with Gasteiger partial charge in [-0.25, -0.2) is 4.79 Å². The van der Waals surface area contributed by atoms with Crippen LogP contribution in [0.25, 0.3) is 0 Å². The van der Waals surface area contributed by atoms with Crippen molar-refractivity contribution in [2.24, 2.45) is 5.92 Å². The lowest BCUT2D eigenvalue weighted by molar-refractivity contribution is -0.147. The van der Waals surface area contributed by atoms with Crippen molar-refractivity contribution in [2.45, 2.75) is 26.4 Å². The fourth-order valence-electron chi connectivity index (χ4n) is 1.57. The van der Waals surface area contributed by atoms with Crippen LogP contribution in [0.2, 0.25) is 0 Å². The van der Waals surface area contributed by atoms with E-state index < -0.39 is 12.1 Å². The van der Waals surface area contributed by atoms with E-state index in [2.05, 4.69) is 0 Å². The van der Waals surface area contributed by atoms with Crippen LogP contribution in [0.1, 0.15) is 19.4 Å². The van der Waals surface area contributed by atoms with Gasteiger partial charge in [-0.2, -0.15) is 0 Å². The molecular weight excluding hydrogens is 232 g/mol. The van der Waals surface area contributed by atoms with E-state index in [0.29, 0.717) is 12.4 Å². The summed E-state index contributed by atoms with van der Waals surface area (Å²) in [4.78, 5) is 11.0. The van der Waals surface area contributed by atoms with Crippen molar-refractivity contribution in [1.29, 1.82) is 0 Å². The predicted octanol–water partition coefficient (Wildman–Crippen LogP) is 2.36. The molecule has 0 spiro atoms. The molecule has 0 aliphatic heterocycles. The maximum atomic E-state index is 11.0. The number of methoxy groups -OCH3 is 1. The predicted molar refractivity (Wildman–Crippen MR) is 68.9 cm³/mol. The second kappa shape index (κ2) is 7.01. The summed E-state index contributed by atoms with van der Waals surface area (Å²) >= 11 is 0. The Bertz CT molecular complexity index is 370. The molecule has 4 heteroatoms. The highest BCUT2D eigenvalue weighted by Gasteiger charge is 2.23. The summed E-state index contributed by atoms with van der Waals surface area (Å²) in [5.74, 6) is -0.429. The molecule has 0 heterocycles. The third-order valence-corrected chi connectivity index (χ3v) is 2.63. The fourth-order valence-corrected chi connectivity index (χ4v) is 1.57. The first kappa shape index (κ1) is 14.5. The molecule has 1 N–H and O–H groups in total. The monoisotopic (exact) mass is 252 g/mol. The molecule has 0 saturated carbocycles. The number of ether oxygens (including phenoxy) is 2. The molecule has 1 unspecified atom stereocenters. The van der Waals surface area contributed by atoms with E-state index in [1.807, 2.05) is 26.0 Å². The smallest absolute Gasteiger partial charge is 0.345 e. The van der Waals surface area contributed by atoms with Crippen LogP contribution >= 0.6 is 0 Å². The van der Waals surface area contributed by atoms with E-state index in [1.54, 1.807) is 19.2 Å². The second-order valence-corrected chi connectivity index (χ2v) is 4.51. The molecule has 1 rings (SSSR count). The quantitative estimate of drug-likeness (QED) is 0.809. The van der Waals surface area contributed by atoms with Crippen molar-refractivity contribution in [3.05, 3.63) is 29.8 Å². The highest BCUT2D eigenvalue weighted by Crippen LogP contribution is 2.17. The molecule has 100 valence electrons. The molecule has 0 aliphatic rings. The van der Waals surface area contributed by atoms with E-state index in [9.17, 15) is 4.79 Å². The van der Waals surface area contributed by atoms with Gasteiger partial charge in [-0.1, -0.05) is 26.0 Å². The Morgan fingerprint density at radius 3 is 2.33 bits per heavy atom. The molecule has 4 nitrogen and oxygen atoms in total. The summed E-state index contributed by atoms with van der Waals surface area (Å²) in [7, 11) is 1.66. The average Bonchev–Trinajstić information content (AvgIpc) is 2.34. The van der Waals surface area contributed by atoms with Gasteiger partial charge in [-0.15, -0.1) is 0 Å². The van der Waals surface area contributed by atoms with Crippen LogP contribution in [0, 0.1) is 5.92 Å². The Labute approximate surface area is 108 Å². The molecular formula is C14H20O4. The second-order valence-electron chi connectivity index (χ2n) is 4.51. The molecule has 0 radical (unpaired) electrons. The molecule has 0 amide bonds. The van der Waals surface area contributed by atoms with Crippen LogP contribution in [0.15, 0.2) is 24.3 Å². The van der Waals surface area contributed by atoms with Crippen molar-refractivity contribution >= 4 is 5.97 Å². The summed E-state index contributed by atoms with van der Waals surface area (Å²) in [5, 5.41) is 9.03. The Kier molecular flexibility index (Phi) is 5.65. The highest BCUT2D eigenvalue weighted by atomic mass is 16.5. The van der Waals surface area contributed by atoms with E-state index >= 15 is 0 Å². The number of carbonyl (C=O) groups is 1. The third kappa shape index (κ3) is 4.37. The maximum Gasteiger partial charge on any atom is 0.345 e. The average molecular weight is 252 g/mol. The number of rotatable bonds is 7. The van der Waals surface area contributed by atoms with Crippen LogP contribution < -0.4 is 4.74 Å². The fraction of sp³-hybridized carbons (Fsp3) is 0.500. The first-order chi connectivity index (χ1) is 8.54. The van der Waals surface area contributed by atoms with E-state index in [-0.39, 0.29) is 5.92 Å². The Morgan fingerprint density at radius 1 is 1.28 bits per heavy atom. The van der Waals surface area contributed by atoms with Gasteiger partial charge in [0.25, 0.3) is 0 Å². The van der Waals surface area contributed by atoms with E-state index in [4.69, 9.17) is 14.6 Å². The van der Waals surface area contributed by atoms with Gasteiger partial charge in [0.1, 0.15) is 5.75 Å². The number of hydrogen-bond acceptors (Lipinski definition) is 3. The van der Waals surface area contributed by atoms with Gasteiger partial charge in [0.05, 0.1) is 6.61 Å². The van der Waals surface area contributed by atoms with Crippen LogP contribution in [-0.4, -0.2) is 30.9 Å². The van der Waals surface area contributed by atoms with Gasteiger partial charge < -0.3 is 14.6 Å². The minimum atomic E-state index is -0.937. The number of hydrogen-bond donors (Lipinski definition) is 1. The van der Waals surface area contributed by atoms with Crippen molar-refractivity contribution in [3.63, 3.8) is 0 Å². The minimum Gasteiger partial charge on any atom is -0.478 e. The molecule has 0 bridgehead atoms. The molecule has 0 saturated heterocycles. The summed E-state index contributed by atoms with van der Waals surface area (Å²) in [6.45, 7) is 4.32. The largest absolute Gasteiger partial charge is 0.478 e. The first-order valence-electron chi connectivity index (χ1n) is 6.02. The zero-order valence-corrected chi connectivity index (χ0v) is 11.1. The van der Waals surface area contributed by atoms with Crippen LogP contribution in [0.3, 0.4) is 0 Å². The van der Waals surface area contributed by atoms with E-state index in [0.717, 1.165) is 12.0 Å². The Balaban J connectivity index is 2.64. The number of benzene rings is 1. The van der Waals surface area contributed by atoms with Gasteiger partial charge >= 0.3 is 5.97 Å². The van der Waals surface area contributed by atoms with Gasteiger partial charge in [0.15, 0.2) is 6.10 Å². The lowest BCUT2D eigenvalue weighted by atomic mass is 10.1. The summed E-state index contributed by atoms with van der Waals surface area (Å²) in [6.07, 6.45) is 0.0263. The molecule has 0 aliphatic carbocycles. The molecule has 1 aromatic carbocycles. The summed E-state index contributed by atoms with van der Waals surface area (Å²) in [5.41, 5.74) is 1.14. The first-order valence-corrected chi connectivity index (χ1v) is 6.02. The zero-order chi connectivity index (χ0) is 13.5. The van der Waals surface area contributed by atoms with Crippen molar-refractivity contribution < 1.29 is 19.4 Å². The molecule has 18 heavy (non-hydrogen) atoms. The van der Waals surface area contributed by atoms with Gasteiger partial charge in [0.2, 0.25) is 0 Å². The maximum absolute atomic E-state index is 11.0. The third-order valence-electron chi connectivity index (χ3n) is 2.63. The highest BCUT2D eigenvalue weighted by molar-refractivity contribution is 5.73. The molecule has 0 aromatic heterocycles. The topological polar surface area (TPSA) is 55.8 Å². The standard InChI is InChI=1S/C14H20O4/c1-10(2)13(14(15)16)18-12-6-4-11(5-7-12)8-9-17-3/h4-7,10,13H,8-9H2,1-3H3,(H,15,16). The van der Waals surface area contributed by atoms with Crippen molar-refractivity contribution in [2.75, 3.05) is 13.7 Å². The van der Waals surface area contributed by atoms with Crippen LogP contribution in [-0.2, 0) is 16.0 Å².